The molecule has 0 aliphatic carbocycles. The Morgan fingerprint density at radius 3 is 1.94 bits per heavy atom. The van der Waals surface area contributed by atoms with E-state index < -0.39 is 30.1 Å². The highest BCUT2D eigenvalue weighted by Crippen LogP contribution is 2.21. The Hall–Kier alpha value is -1.53. The standard InChI is InChI=1S/C11H15F3O4/c1-7(2)8(15)17-5-10(3,4)6-18-9(16)11(12,13)14/h1,5-6H2,2-4H3. The van der Waals surface area contributed by atoms with E-state index in [0.717, 1.165) is 0 Å². The van der Waals surface area contributed by atoms with Gasteiger partial charge in [0.15, 0.2) is 0 Å². The summed E-state index contributed by atoms with van der Waals surface area (Å²) in [4.78, 5) is 21.6. The first-order valence-electron chi connectivity index (χ1n) is 5.02. The molecule has 0 fully saturated rings. The molecule has 18 heavy (non-hydrogen) atoms. The third-order valence-corrected chi connectivity index (χ3v) is 1.77. The molecule has 0 N–H and O–H groups in total. The molecule has 0 rings (SSSR count). The minimum atomic E-state index is -5.02. The number of hydrogen-bond donors (Lipinski definition) is 0. The topological polar surface area (TPSA) is 52.6 Å². The van der Waals surface area contributed by atoms with Gasteiger partial charge in [0, 0.05) is 11.0 Å². The highest BCUT2D eigenvalue weighted by molar-refractivity contribution is 5.86. The number of carbonyl (C=O) groups excluding carboxylic acids is 2. The van der Waals surface area contributed by atoms with Crippen molar-refractivity contribution in [3.63, 3.8) is 0 Å². The van der Waals surface area contributed by atoms with Gasteiger partial charge in [-0.15, -0.1) is 0 Å². The van der Waals surface area contributed by atoms with Crippen LogP contribution < -0.4 is 0 Å². The van der Waals surface area contributed by atoms with Gasteiger partial charge in [0.1, 0.15) is 0 Å². The smallest absolute Gasteiger partial charge is 0.462 e. The zero-order valence-electron chi connectivity index (χ0n) is 10.4. The van der Waals surface area contributed by atoms with E-state index in [0.29, 0.717) is 0 Å². The van der Waals surface area contributed by atoms with Crippen molar-refractivity contribution in [3.05, 3.63) is 12.2 Å². The maximum absolute atomic E-state index is 11.9. The molecular formula is C11H15F3O4. The van der Waals surface area contributed by atoms with E-state index in [-0.39, 0.29) is 12.2 Å². The zero-order valence-corrected chi connectivity index (χ0v) is 10.4. The van der Waals surface area contributed by atoms with Crippen LogP contribution in [-0.4, -0.2) is 31.3 Å². The van der Waals surface area contributed by atoms with Crippen LogP contribution in [0.3, 0.4) is 0 Å². The SMILES string of the molecule is C=C(C)C(=O)OCC(C)(C)COC(=O)C(F)(F)F. The van der Waals surface area contributed by atoms with Crippen LogP contribution in [0, 0.1) is 5.41 Å². The van der Waals surface area contributed by atoms with E-state index in [4.69, 9.17) is 4.74 Å². The van der Waals surface area contributed by atoms with E-state index in [1.165, 1.54) is 20.8 Å². The van der Waals surface area contributed by atoms with Gasteiger partial charge in [-0.25, -0.2) is 9.59 Å². The number of alkyl halides is 3. The third-order valence-electron chi connectivity index (χ3n) is 1.77. The van der Waals surface area contributed by atoms with Crippen molar-refractivity contribution in [1.82, 2.24) is 0 Å². The van der Waals surface area contributed by atoms with Gasteiger partial charge in [-0.2, -0.15) is 13.2 Å². The van der Waals surface area contributed by atoms with E-state index in [1.54, 1.807) is 0 Å². The van der Waals surface area contributed by atoms with Crippen LogP contribution in [0.25, 0.3) is 0 Å². The Morgan fingerprint density at radius 2 is 1.56 bits per heavy atom. The second-order valence-corrected chi connectivity index (χ2v) is 4.59. The number of ether oxygens (including phenoxy) is 2. The summed E-state index contributed by atoms with van der Waals surface area (Å²) in [6, 6.07) is 0. The molecule has 0 spiro atoms. The minimum Gasteiger partial charge on any atom is -0.462 e. The Bertz CT molecular complexity index is 345. The lowest BCUT2D eigenvalue weighted by atomic mass is 9.96. The summed E-state index contributed by atoms with van der Waals surface area (Å²) >= 11 is 0. The first kappa shape index (κ1) is 16.5. The highest BCUT2D eigenvalue weighted by atomic mass is 19.4. The summed E-state index contributed by atoms with van der Waals surface area (Å²) < 4.78 is 44.5. The maximum atomic E-state index is 11.9. The molecule has 7 heteroatoms. The quantitative estimate of drug-likeness (QED) is 0.567. The molecule has 0 aliphatic heterocycles. The summed E-state index contributed by atoms with van der Waals surface area (Å²) in [5.74, 6) is -2.91. The fraction of sp³-hybridized carbons (Fsp3) is 0.636. The lowest BCUT2D eigenvalue weighted by molar-refractivity contribution is -0.203. The predicted molar refractivity (Wildman–Crippen MR) is 56.6 cm³/mol. The molecule has 0 heterocycles. The van der Waals surface area contributed by atoms with Crippen molar-refractivity contribution < 1.29 is 32.2 Å². The number of rotatable bonds is 5. The van der Waals surface area contributed by atoms with E-state index in [1.807, 2.05) is 0 Å². The predicted octanol–water partition coefficient (Wildman–Crippen LogP) is 2.24. The van der Waals surface area contributed by atoms with Gasteiger partial charge < -0.3 is 9.47 Å². The first-order valence-corrected chi connectivity index (χ1v) is 5.02. The summed E-state index contributed by atoms with van der Waals surface area (Å²) in [6.45, 7) is 7.12. The number of hydrogen-bond acceptors (Lipinski definition) is 4. The van der Waals surface area contributed by atoms with Crippen molar-refractivity contribution in [2.75, 3.05) is 13.2 Å². The maximum Gasteiger partial charge on any atom is 0.490 e. The molecule has 0 radical (unpaired) electrons. The molecule has 4 nitrogen and oxygen atoms in total. The summed E-state index contributed by atoms with van der Waals surface area (Å²) in [7, 11) is 0. The average molecular weight is 268 g/mol. The van der Waals surface area contributed by atoms with Crippen molar-refractivity contribution in [3.8, 4) is 0 Å². The fourth-order valence-corrected chi connectivity index (χ4v) is 0.769. The molecule has 0 bridgehead atoms. The van der Waals surface area contributed by atoms with Gasteiger partial charge in [0.25, 0.3) is 0 Å². The monoisotopic (exact) mass is 268 g/mol. The van der Waals surface area contributed by atoms with Crippen LogP contribution in [0.4, 0.5) is 13.2 Å². The number of carbonyl (C=O) groups is 2. The van der Waals surface area contributed by atoms with E-state index >= 15 is 0 Å². The molecule has 104 valence electrons. The molecule has 0 aromatic carbocycles. The third kappa shape index (κ3) is 6.27. The Labute approximate surface area is 103 Å². The van der Waals surface area contributed by atoms with Gasteiger partial charge in [-0.3, -0.25) is 0 Å². The van der Waals surface area contributed by atoms with Crippen molar-refractivity contribution in [2.45, 2.75) is 26.9 Å². The normalized spacial score (nSPS) is 11.9. The zero-order chi connectivity index (χ0) is 14.6. The number of halogens is 3. The van der Waals surface area contributed by atoms with Crippen LogP contribution in [0.5, 0.6) is 0 Å². The Balaban J connectivity index is 4.20. The first-order chi connectivity index (χ1) is 7.96. The lowest BCUT2D eigenvalue weighted by Gasteiger charge is -2.23. The molecule has 0 saturated carbocycles. The number of esters is 2. The van der Waals surface area contributed by atoms with Crippen LogP contribution in [-0.2, 0) is 19.1 Å². The molecule has 0 aliphatic rings. The molecule has 0 unspecified atom stereocenters. The van der Waals surface area contributed by atoms with Gasteiger partial charge >= 0.3 is 18.1 Å². The van der Waals surface area contributed by atoms with Crippen LogP contribution in [0.1, 0.15) is 20.8 Å². The van der Waals surface area contributed by atoms with E-state index in [2.05, 4.69) is 11.3 Å². The van der Waals surface area contributed by atoms with E-state index in [9.17, 15) is 22.8 Å². The average Bonchev–Trinajstić information content (AvgIpc) is 2.21. The summed E-state index contributed by atoms with van der Waals surface area (Å²) in [5.41, 5.74) is -0.732. The largest absolute Gasteiger partial charge is 0.490 e. The molecular weight excluding hydrogens is 253 g/mol. The van der Waals surface area contributed by atoms with Crippen molar-refractivity contribution >= 4 is 11.9 Å². The molecule has 0 atom stereocenters. The van der Waals surface area contributed by atoms with Crippen LogP contribution >= 0.6 is 0 Å². The molecule has 0 aromatic heterocycles. The highest BCUT2D eigenvalue weighted by Gasteiger charge is 2.41. The van der Waals surface area contributed by atoms with Gasteiger partial charge in [-0.05, 0) is 6.92 Å². The van der Waals surface area contributed by atoms with Gasteiger partial charge in [-0.1, -0.05) is 20.4 Å². The summed E-state index contributed by atoms with van der Waals surface area (Å²) in [6.07, 6.45) is -5.02. The van der Waals surface area contributed by atoms with Gasteiger partial charge in [0.05, 0.1) is 13.2 Å². The second-order valence-electron chi connectivity index (χ2n) is 4.59. The van der Waals surface area contributed by atoms with Crippen molar-refractivity contribution in [1.29, 1.82) is 0 Å². The minimum absolute atomic E-state index is 0.177. The fourth-order valence-electron chi connectivity index (χ4n) is 0.769. The van der Waals surface area contributed by atoms with Gasteiger partial charge in [0.2, 0.25) is 0 Å². The Kier molecular flexibility index (Phi) is 5.38. The molecule has 0 aromatic rings. The van der Waals surface area contributed by atoms with Crippen LogP contribution in [0.15, 0.2) is 12.2 Å². The summed E-state index contributed by atoms with van der Waals surface area (Å²) in [5, 5.41) is 0. The second kappa shape index (κ2) is 5.88. The molecule has 0 saturated heterocycles. The Morgan fingerprint density at radius 1 is 1.11 bits per heavy atom. The molecule has 0 amide bonds. The van der Waals surface area contributed by atoms with Crippen molar-refractivity contribution in [2.24, 2.45) is 5.41 Å². The lowest BCUT2D eigenvalue weighted by Crippen LogP contribution is -2.33. The van der Waals surface area contributed by atoms with Crippen LogP contribution in [0.2, 0.25) is 0 Å².